The molecule has 0 bridgehead atoms. The van der Waals surface area contributed by atoms with Gasteiger partial charge in [-0.15, -0.1) is 0 Å². The van der Waals surface area contributed by atoms with Gasteiger partial charge in [-0.05, 0) is 36.2 Å². The van der Waals surface area contributed by atoms with Gasteiger partial charge in [0.25, 0.3) is 0 Å². The number of sulfonamides is 1. The van der Waals surface area contributed by atoms with Crippen LogP contribution in [0.5, 0.6) is 11.5 Å². The third-order valence-corrected chi connectivity index (χ3v) is 6.85. The predicted octanol–water partition coefficient (Wildman–Crippen LogP) is 3.64. The predicted molar refractivity (Wildman–Crippen MR) is 99.8 cm³/mol. The van der Waals surface area contributed by atoms with E-state index in [0.717, 1.165) is 17.7 Å². The van der Waals surface area contributed by atoms with E-state index in [0.29, 0.717) is 23.3 Å². The molecule has 1 atom stereocenters. The monoisotopic (exact) mass is 425 g/mol. The molecule has 0 saturated carbocycles. The molecular formula is C18H20BrNO4S. The van der Waals surface area contributed by atoms with Crippen LogP contribution in [0.4, 0.5) is 0 Å². The number of para-hydroxylation sites is 1. The average Bonchev–Trinajstić information content (AvgIpc) is 3.12. The molecule has 1 aliphatic heterocycles. The Bertz CT molecular complexity index is 869. The third kappa shape index (κ3) is 3.54. The van der Waals surface area contributed by atoms with Crippen molar-refractivity contribution in [3.05, 3.63) is 52.5 Å². The summed E-state index contributed by atoms with van der Waals surface area (Å²) in [6.45, 7) is 0.902. The van der Waals surface area contributed by atoms with E-state index >= 15 is 0 Å². The third-order valence-electron chi connectivity index (χ3n) is 4.47. The zero-order valence-electron chi connectivity index (χ0n) is 14.1. The highest BCUT2D eigenvalue weighted by Crippen LogP contribution is 2.37. The van der Waals surface area contributed by atoms with Crippen molar-refractivity contribution in [2.24, 2.45) is 0 Å². The maximum absolute atomic E-state index is 13.1. The molecule has 1 heterocycles. The van der Waals surface area contributed by atoms with Crippen molar-refractivity contribution in [3.63, 3.8) is 0 Å². The molecule has 5 nitrogen and oxygen atoms in total. The summed E-state index contributed by atoms with van der Waals surface area (Å²) in [6, 6.07) is 12.8. The molecule has 1 unspecified atom stereocenters. The first-order valence-corrected chi connectivity index (χ1v) is 10.2. The Morgan fingerprint density at radius 1 is 1.08 bits per heavy atom. The molecule has 2 aromatic carbocycles. The van der Waals surface area contributed by atoms with Crippen LogP contribution < -0.4 is 9.47 Å². The van der Waals surface area contributed by atoms with Crippen molar-refractivity contribution < 1.29 is 17.9 Å². The summed E-state index contributed by atoms with van der Waals surface area (Å²) < 4.78 is 39.1. The lowest BCUT2D eigenvalue weighted by atomic mass is 9.97. The zero-order chi connectivity index (χ0) is 18.0. The van der Waals surface area contributed by atoms with E-state index in [4.69, 9.17) is 9.47 Å². The van der Waals surface area contributed by atoms with Gasteiger partial charge in [0.05, 0.1) is 14.2 Å². The zero-order valence-corrected chi connectivity index (χ0v) is 16.5. The lowest BCUT2D eigenvalue weighted by molar-refractivity contribution is 0.397. The smallest absolute Gasteiger partial charge is 0.246 e. The summed E-state index contributed by atoms with van der Waals surface area (Å²) in [7, 11) is -0.517. The number of hydrogen-bond acceptors (Lipinski definition) is 4. The number of hydrogen-bond donors (Lipinski definition) is 0. The number of nitrogens with zero attached hydrogens (tertiary/aromatic N) is 1. The van der Waals surface area contributed by atoms with Gasteiger partial charge in [0, 0.05) is 23.5 Å². The van der Waals surface area contributed by atoms with Crippen LogP contribution in [0, 0.1) is 0 Å². The lowest BCUT2D eigenvalue weighted by Crippen LogP contribution is -2.29. The minimum atomic E-state index is -3.63. The molecule has 1 aliphatic rings. The van der Waals surface area contributed by atoms with Crippen LogP contribution in [-0.2, 0) is 10.0 Å². The van der Waals surface area contributed by atoms with E-state index in [9.17, 15) is 8.42 Å². The highest BCUT2D eigenvalue weighted by atomic mass is 79.9. The Labute approximate surface area is 156 Å². The van der Waals surface area contributed by atoms with Crippen LogP contribution in [0.15, 0.2) is 51.8 Å². The van der Waals surface area contributed by atoms with Crippen molar-refractivity contribution in [2.45, 2.75) is 17.2 Å². The molecule has 0 spiro atoms. The summed E-state index contributed by atoms with van der Waals surface area (Å²) in [6.07, 6.45) is 0.760. The molecule has 7 heteroatoms. The quantitative estimate of drug-likeness (QED) is 0.733. The first-order chi connectivity index (χ1) is 12.0. The summed E-state index contributed by atoms with van der Waals surface area (Å²) >= 11 is 3.34. The Kier molecular flexibility index (Phi) is 5.36. The molecule has 2 aromatic rings. The highest BCUT2D eigenvalue weighted by Gasteiger charge is 2.35. The number of halogens is 1. The minimum Gasteiger partial charge on any atom is -0.496 e. The second-order valence-corrected chi connectivity index (χ2v) is 8.71. The molecule has 134 valence electrons. The van der Waals surface area contributed by atoms with E-state index in [1.54, 1.807) is 25.3 Å². The molecule has 25 heavy (non-hydrogen) atoms. The van der Waals surface area contributed by atoms with Gasteiger partial charge >= 0.3 is 0 Å². The van der Waals surface area contributed by atoms with Gasteiger partial charge in [-0.1, -0.05) is 34.1 Å². The van der Waals surface area contributed by atoms with E-state index in [-0.39, 0.29) is 10.8 Å². The number of methoxy groups -OCH3 is 2. The number of ether oxygens (including phenoxy) is 2. The first kappa shape index (κ1) is 18.2. The van der Waals surface area contributed by atoms with Crippen molar-refractivity contribution >= 4 is 26.0 Å². The fourth-order valence-corrected chi connectivity index (χ4v) is 5.39. The topological polar surface area (TPSA) is 55.8 Å². The van der Waals surface area contributed by atoms with Gasteiger partial charge in [-0.3, -0.25) is 0 Å². The number of rotatable bonds is 5. The maximum atomic E-state index is 13.1. The molecule has 0 aliphatic carbocycles. The van der Waals surface area contributed by atoms with Crippen LogP contribution >= 0.6 is 15.9 Å². The van der Waals surface area contributed by atoms with Crippen molar-refractivity contribution in [2.75, 3.05) is 27.3 Å². The van der Waals surface area contributed by atoms with Gasteiger partial charge in [-0.25, -0.2) is 8.42 Å². The van der Waals surface area contributed by atoms with Gasteiger partial charge < -0.3 is 9.47 Å². The SMILES string of the molecule is COc1ccccc1C1CCN(S(=O)(=O)c2cc(Br)ccc2OC)C1. The minimum absolute atomic E-state index is 0.115. The molecule has 0 N–H and O–H groups in total. The van der Waals surface area contributed by atoms with Crippen LogP contribution in [-0.4, -0.2) is 40.0 Å². The first-order valence-electron chi connectivity index (χ1n) is 7.94. The Morgan fingerprint density at radius 3 is 2.52 bits per heavy atom. The highest BCUT2D eigenvalue weighted by molar-refractivity contribution is 9.10. The van der Waals surface area contributed by atoms with Crippen LogP contribution in [0.2, 0.25) is 0 Å². The van der Waals surface area contributed by atoms with E-state index in [1.165, 1.54) is 11.4 Å². The Morgan fingerprint density at radius 2 is 1.80 bits per heavy atom. The van der Waals surface area contributed by atoms with Crippen LogP contribution in [0.25, 0.3) is 0 Å². The van der Waals surface area contributed by atoms with Crippen LogP contribution in [0.3, 0.4) is 0 Å². The molecular weight excluding hydrogens is 406 g/mol. The second kappa shape index (κ2) is 7.35. The van der Waals surface area contributed by atoms with Crippen molar-refractivity contribution in [1.82, 2.24) is 4.31 Å². The fourth-order valence-electron chi connectivity index (χ4n) is 3.20. The van der Waals surface area contributed by atoms with Crippen molar-refractivity contribution in [3.8, 4) is 11.5 Å². The molecule has 3 rings (SSSR count). The van der Waals surface area contributed by atoms with Gasteiger partial charge in [0.1, 0.15) is 16.4 Å². The van der Waals surface area contributed by atoms with E-state index in [1.807, 2.05) is 24.3 Å². The lowest BCUT2D eigenvalue weighted by Gasteiger charge is -2.19. The normalized spacial score (nSPS) is 18.3. The van der Waals surface area contributed by atoms with Crippen LogP contribution in [0.1, 0.15) is 17.9 Å². The largest absolute Gasteiger partial charge is 0.496 e. The maximum Gasteiger partial charge on any atom is 0.246 e. The summed E-state index contributed by atoms with van der Waals surface area (Å²) in [5, 5.41) is 0. The van der Waals surface area contributed by atoms with Crippen molar-refractivity contribution in [1.29, 1.82) is 0 Å². The standard InChI is InChI=1S/C18H20BrNO4S/c1-23-16-6-4-3-5-15(16)13-9-10-20(12-13)25(21,22)18-11-14(19)7-8-17(18)24-2/h3-8,11,13H,9-10,12H2,1-2H3. The van der Waals surface area contributed by atoms with E-state index in [2.05, 4.69) is 15.9 Å². The number of benzene rings is 2. The summed E-state index contributed by atoms with van der Waals surface area (Å²) in [5.41, 5.74) is 1.05. The summed E-state index contributed by atoms with van der Waals surface area (Å²) in [4.78, 5) is 0.185. The second-order valence-electron chi connectivity index (χ2n) is 5.89. The molecule has 1 fully saturated rings. The fraction of sp³-hybridized carbons (Fsp3) is 0.333. The van der Waals surface area contributed by atoms with Gasteiger partial charge in [0.15, 0.2) is 0 Å². The Balaban J connectivity index is 1.90. The molecule has 1 saturated heterocycles. The molecule has 0 amide bonds. The van der Waals surface area contributed by atoms with E-state index < -0.39 is 10.0 Å². The Hall–Kier alpha value is -1.57. The molecule has 0 radical (unpaired) electrons. The van der Waals surface area contributed by atoms with Gasteiger partial charge in [0.2, 0.25) is 10.0 Å². The molecule has 0 aromatic heterocycles. The average molecular weight is 426 g/mol. The summed E-state index contributed by atoms with van der Waals surface area (Å²) in [5.74, 6) is 1.26. The van der Waals surface area contributed by atoms with Gasteiger partial charge in [-0.2, -0.15) is 4.31 Å².